The zero-order chi connectivity index (χ0) is 21.6. The summed E-state index contributed by atoms with van der Waals surface area (Å²) in [6, 6.07) is 15.1. The van der Waals surface area contributed by atoms with E-state index in [4.69, 9.17) is 16.3 Å². The van der Waals surface area contributed by atoms with Gasteiger partial charge in [0.2, 0.25) is 0 Å². The summed E-state index contributed by atoms with van der Waals surface area (Å²) in [5.74, 6) is 0.184. The highest BCUT2D eigenvalue weighted by Gasteiger charge is 2.29. The summed E-state index contributed by atoms with van der Waals surface area (Å²) in [5.41, 5.74) is 2.95. The van der Waals surface area contributed by atoms with Gasteiger partial charge in [-0.15, -0.1) is 0 Å². The van der Waals surface area contributed by atoms with E-state index >= 15 is 0 Å². The van der Waals surface area contributed by atoms with E-state index in [0.717, 1.165) is 15.4 Å². The first kappa shape index (κ1) is 20.3. The number of hydrogen-bond donors (Lipinski definition) is 1. The summed E-state index contributed by atoms with van der Waals surface area (Å²) < 4.78 is 33.6. The third-order valence-corrected chi connectivity index (χ3v) is 7.14. The van der Waals surface area contributed by atoms with Gasteiger partial charge >= 0.3 is 0 Å². The summed E-state index contributed by atoms with van der Waals surface area (Å²) in [6.45, 7) is 3.78. The van der Waals surface area contributed by atoms with Crippen LogP contribution in [0.1, 0.15) is 21.5 Å². The third kappa shape index (κ3) is 3.51. The Bertz CT molecular complexity index is 1290. The van der Waals surface area contributed by atoms with Gasteiger partial charge in [-0.25, -0.2) is 8.42 Å². The smallest absolute Gasteiger partial charge is 0.265 e. The summed E-state index contributed by atoms with van der Waals surface area (Å²) in [7, 11) is -2.57. The molecule has 8 heteroatoms. The first-order valence-corrected chi connectivity index (χ1v) is 11.0. The zero-order valence-corrected chi connectivity index (χ0v) is 18.1. The van der Waals surface area contributed by atoms with Crippen molar-refractivity contribution in [1.82, 2.24) is 0 Å². The number of halogens is 1. The van der Waals surface area contributed by atoms with Crippen molar-refractivity contribution >= 4 is 38.9 Å². The number of benzene rings is 3. The molecule has 0 aliphatic carbocycles. The number of sulfonamides is 1. The van der Waals surface area contributed by atoms with Crippen molar-refractivity contribution in [2.75, 3.05) is 16.7 Å². The Balaban J connectivity index is 1.81. The number of ether oxygens (including phenoxy) is 1. The molecule has 0 fully saturated rings. The van der Waals surface area contributed by atoms with Gasteiger partial charge in [-0.1, -0.05) is 29.8 Å². The Labute approximate surface area is 180 Å². The van der Waals surface area contributed by atoms with E-state index < -0.39 is 15.9 Å². The van der Waals surface area contributed by atoms with Crippen LogP contribution in [0.15, 0.2) is 59.5 Å². The molecule has 30 heavy (non-hydrogen) atoms. The lowest BCUT2D eigenvalue weighted by molar-refractivity contribution is 0.102. The molecule has 1 aliphatic heterocycles. The van der Waals surface area contributed by atoms with Crippen LogP contribution in [0, 0.1) is 13.8 Å². The molecule has 0 atom stereocenters. The van der Waals surface area contributed by atoms with E-state index in [2.05, 4.69) is 5.32 Å². The number of hydrogen-bond acceptors (Lipinski definition) is 4. The quantitative estimate of drug-likeness (QED) is 0.609. The first-order valence-electron chi connectivity index (χ1n) is 9.16. The molecule has 0 radical (unpaired) electrons. The van der Waals surface area contributed by atoms with Crippen molar-refractivity contribution in [2.45, 2.75) is 18.7 Å². The van der Waals surface area contributed by atoms with Crippen molar-refractivity contribution in [3.63, 3.8) is 0 Å². The van der Waals surface area contributed by atoms with E-state index in [0.29, 0.717) is 17.1 Å². The number of rotatable bonds is 3. The Hall–Kier alpha value is -3.03. The minimum atomic E-state index is -4.02. The van der Waals surface area contributed by atoms with Crippen molar-refractivity contribution < 1.29 is 17.9 Å². The fraction of sp³-hybridized carbons (Fsp3) is 0.136. The van der Waals surface area contributed by atoms with Crippen LogP contribution in [0.25, 0.3) is 0 Å². The van der Waals surface area contributed by atoms with Gasteiger partial charge in [-0.3, -0.25) is 9.10 Å². The maximum atomic E-state index is 13.3. The molecular weight excluding hydrogens is 424 g/mol. The van der Waals surface area contributed by atoms with Crippen LogP contribution in [0.4, 0.5) is 11.4 Å². The maximum absolute atomic E-state index is 13.3. The summed E-state index contributed by atoms with van der Waals surface area (Å²) in [6.07, 6.45) is 0. The lowest BCUT2D eigenvalue weighted by Gasteiger charge is -2.21. The summed E-state index contributed by atoms with van der Waals surface area (Å²) >= 11 is 6.35. The molecule has 6 nitrogen and oxygen atoms in total. The molecular formula is C22H19ClN2O4S. The fourth-order valence-electron chi connectivity index (χ4n) is 3.23. The molecule has 0 saturated heterocycles. The van der Waals surface area contributed by atoms with Crippen molar-refractivity contribution in [3.05, 3.63) is 76.3 Å². The molecule has 1 heterocycles. The Morgan fingerprint density at radius 2 is 1.70 bits per heavy atom. The molecule has 1 amide bonds. The van der Waals surface area contributed by atoms with Crippen LogP contribution < -0.4 is 14.4 Å². The van der Waals surface area contributed by atoms with Crippen LogP contribution in [-0.4, -0.2) is 21.4 Å². The average molecular weight is 443 g/mol. The van der Waals surface area contributed by atoms with E-state index in [1.165, 1.54) is 19.2 Å². The maximum Gasteiger partial charge on any atom is 0.265 e. The van der Waals surface area contributed by atoms with Crippen molar-refractivity contribution in [2.24, 2.45) is 0 Å². The highest BCUT2D eigenvalue weighted by molar-refractivity contribution is 7.93. The Morgan fingerprint density at radius 3 is 2.43 bits per heavy atom. The molecule has 0 saturated carbocycles. The molecule has 4 rings (SSSR count). The predicted molar refractivity (Wildman–Crippen MR) is 117 cm³/mol. The highest BCUT2D eigenvalue weighted by atomic mass is 35.5. The van der Waals surface area contributed by atoms with Gasteiger partial charge in [0.15, 0.2) is 5.75 Å². The first-order chi connectivity index (χ1) is 14.2. The number of carbonyl (C=O) groups excluding carboxylic acids is 1. The van der Waals surface area contributed by atoms with Gasteiger partial charge in [0.1, 0.15) is 10.6 Å². The highest BCUT2D eigenvalue weighted by Crippen LogP contribution is 2.40. The molecule has 3 aromatic carbocycles. The minimum Gasteiger partial charge on any atom is -0.454 e. The molecule has 0 aromatic heterocycles. The average Bonchev–Trinajstić information content (AvgIpc) is 2.81. The summed E-state index contributed by atoms with van der Waals surface area (Å²) in [4.78, 5) is 12.6. The second-order valence-corrected chi connectivity index (χ2v) is 9.49. The normalized spacial score (nSPS) is 12.9. The standard InChI is InChI=1S/C22H19ClN2O4S/c1-13-5-4-6-15(9-13)25(3)30(27,28)21-11-16-19(12-17(21)23)29-20-10-14(2)7-8-18(20)24-22(16)26/h4-12H,1-3H3,(H,24,26). The van der Waals surface area contributed by atoms with E-state index in [-0.39, 0.29) is 21.2 Å². The molecule has 1 aliphatic rings. The van der Waals surface area contributed by atoms with Gasteiger partial charge < -0.3 is 10.1 Å². The number of amides is 1. The minimum absolute atomic E-state index is 0.0304. The monoisotopic (exact) mass is 442 g/mol. The molecule has 0 unspecified atom stereocenters. The Morgan fingerprint density at radius 1 is 0.967 bits per heavy atom. The second kappa shape index (κ2) is 7.34. The third-order valence-electron chi connectivity index (χ3n) is 4.89. The number of carbonyl (C=O) groups is 1. The lowest BCUT2D eigenvalue weighted by Crippen LogP contribution is -2.27. The van der Waals surface area contributed by atoms with Crippen LogP contribution in [-0.2, 0) is 10.0 Å². The lowest BCUT2D eigenvalue weighted by atomic mass is 10.2. The number of aryl methyl sites for hydroxylation is 2. The number of anilines is 2. The summed E-state index contributed by atoms with van der Waals surface area (Å²) in [5, 5.41) is 2.73. The van der Waals surface area contributed by atoms with Crippen molar-refractivity contribution in [3.8, 4) is 11.5 Å². The van der Waals surface area contributed by atoms with Gasteiger partial charge in [0.05, 0.1) is 22.0 Å². The number of nitrogens with zero attached hydrogens (tertiary/aromatic N) is 1. The largest absolute Gasteiger partial charge is 0.454 e. The van der Waals surface area contributed by atoms with Crippen LogP contribution >= 0.6 is 11.6 Å². The topological polar surface area (TPSA) is 75.7 Å². The molecule has 3 aromatic rings. The van der Waals surface area contributed by atoms with Crippen molar-refractivity contribution in [1.29, 1.82) is 0 Å². The zero-order valence-electron chi connectivity index (χ0n) is 16.6. The van der Waals surface area contributed by atoms with Crippen LogP contribution in [0.2, 0.25) is 5.02 Å². The Kier molecular flexibility index (Phi) is 4.95. The molecule has 0 spiro atoms. The second-order valence-electron chi connectivity index (χ2n) is 7.15. The molecule has 0 bridgehead atoms. The SMILES string of the molecule is Cc1cccc(N(C)S(=O)(=O)c2cc3c(cc2Cl)Oc2cc(C)ccc2NC3=O)c1. The molecule has 1 N–H and O–H groups in total. The number of fused-ring (bicyclic) bond motifs is 2. The van der Waals surface area contributed by atoms with Gasteiger partial charge in [0.25, 0.3) is 15.9 Å². The van der Waals surface area contributed by atoms with E-state index in [1.54, 1.807) is 30.3 Å². The van der Waals surface area contributed by atoms with Crippen LogP contribution in [0.5, 0.6) is 11.5 Å². The molecule has 154 valence electrons. The number of nitrogens with one attached hydrogen (secondary N) is 1. The van der Waals surface area contributed by atoms with Gasteiger partial charge in [-0.2, -0.15) is 0 Å². The van der Waals surface area contributed by atoms with E-state index in [9.17, 15) is 13.2 Å². The van der Waals surface area contributed by atoms with Gasteiger partial charge in [0, 0.05) is 13.1 Å². The fourth-order valence-corrected chi connectivity index (χ4v) is 4.93. The predicted octanol–water partition coefficient (Wildman–Crippen LogP) is 5.14. The van der Waals surface area contributed by atoms with Gasteiger partial charge in [-0.05, 0) is 55.3 Å². The van der Waals surface area contributed by atoms with Crippen LogP contribution in [0.3, 0.4) is 0 Å². The van der Waals surface area contributed by atoms with E-state index in [1.807, 2.05) is 26.0 Å².